The summed E-state index contributed by atoms with van der Waals surface area (Å²) < 4.78 is 9.97. The Balaban J connectivity index is 2.52. The molecule has 0 saturated heterocycles. The Morgan fingerprint density at radius 1 is 1.27 bits per heavy atom. The van der Waals surface area contributed by atoms with Crippen LogP contribution in [0.2, 0.25) is 0 Å². The predicted molar refractivity (Wildman–Crippen MR) is 48.5 cm³/mol. The highest BCUT2D eigenvalue weighted by Crippen LogP contribution is 2.06. The minimum absolute atomic E-state index is 0.320. The average Bonchev–Trinajstić information content (AvgIpc) is 2.04. The first-order chi connectivity index (χ1) is 5.33. The zero-order valence-electron chi connectivity index (χ0n) is 6.83. The molecule has 0 heterocycles. The maximum absolute atomic E-state index is 5.20. The van der Waals surface area contributed by atoms with E-state index in [1.165, 1.54) is 5.19 Å². The van der Waals surface area contributed by atoms with Crippen molar-refractivity contribution in [3.8, 4) is 5.75 Å². The summed E-state index contributed by atoms with van der Waals surface area (Å²) in [6, 6.07) is 8.05. The topological polar surface area (TPSA) is 18.5 Å². The van der Waals surface area contributed by atoms with E-state index in [1.54, 1.807) is 7.11 Å². The van der Waals surface area contributed by atoms with Gasteiger partial charge in [0.1, 0.15) is 5.75 Å². The average molecular weight is 168 g/mol. The lowest BCUT2D eigenvalue weighted by molar-refractivity contribution is 0.0511. The van der Waals surface area contributed by atoms with Crippen LogP contribution >= 0.6 is 0 Å². The molecule has 60 valence electrons. The van der Waals surface area contributed by atoms with Crippen LogP contribution in [0.15, 0.2) is 24.3 Å². The minimum atomic E-state index is 0.320. The van der Waals surface area contributed by atoms with Gasteiger partial charge in [-0.1, -0.05) is 17.3 Å². The monoisotopic (exact) mass is 168 g/mol. The fourth-order valence-electron chi connectivity index (χ4n) is 0.761. The Hall–Kier alpha value is -0.803. The molecule has 0 aliphatic heterocycles. The lowest BCUT2D eigenvalue weighted by Gasteiger charge is -2.03. The number of hydrogen-bond donors (Lipinski definition) is 0. The highest BCUT2D eigenvalue weighted by atomic mass is 28.1. The van der Waals surface area contributed by atoms with Gasteiger partial charge >= 0.3 is 0 Å². The van der Waals surface area contributed by atoms with Gasteiger partial charge in [-0.25, -0.2) is 0 Å². The standard InChI is InChI=1S/C8H12O2Si/c1-9-6-10-7-2-4-8(11)5-3-7/h2-5H,6H2,1,11H3. The van der Waals surface area contributed by atoms with Crippen molar-refractivity contribution in [2.75, 3.05) is 13.9 Å². The minimum Gasteiger partial charge on any atom is -0.468 e. The van der Waals surface area contributed by atoms with E-state index in [4.69, 9.17) is 9.47 Å². The van der Waals surface area contributed by atoms with Crippen molar-refractivity contribution in [3.05, 3.63) is 24.3 Å². The Morgan fingerprint density at radius 3 is 2.45 bits per heavy atom. The summed E-state index contributed by atoms with van der Waals surface area (Å²) in [5.41, 5.74) is 0. The van der Waals surface area contributed by atoms with Crippen LogP contribution in [0.3, 0.4) is 0 Å². The highest BCUT2D eigenvalue weighted by molar-refractivity contribution is 6.32. The highest BCUT2D eigenvalue weighted by Gasteiger charge is 1.89. The molecule has 0 spiro atoms. The number of rotatable bonds is 3. The molecule has 1 rings (SSSR count). The second kappa shape index (κ2) is 4.15. The van der Waals surface area contributed by atoms with Crippen molar-refractivity contribution < 1.29 is 9.47 Å². The molecule has 3 heteroatoms. The van der Waals surface area contributed by atoms with E-state index >= 15 is 0 Å². The van der Waals surface area contributed by atoms with Gasteiger partial charge < -0.3 is 9.47 Å². The summed E-state index contributed by atoms with van der Waals surface area (Å²) in [6.45, 7) is 0.320. The van der Waals surface area contributed by atoms with E-state index < -0.39 is 0 Å². The summed E-state index contributed by atoms with van der Waals surface area (Å²) in [7, 11) is 2.70. The van der Waals surface area contributed by atoms with Gasteiger partial charge in [-0.2, -0.15) is 0 Å². The molecule has 11 heavy (non-hydrogen) atoms. The van der Waals surface area contributed by atoms with Crippen LogP contribution in [0.5, 0.6) is 5.75 Å². The quantitative estimate of drug-likeness (QED) is 0.454. The van der Waals surface area contributed by atoms with Crippen molar-refractivity contribution >= 4 is 15.4 Å². The van der Waals surface area contributed by atoms with Crippen molar-refractivity contribution in [2.24, 2.45) is 0 Å². The summed E-state index contributed by atoms with van der Waals surface area (Å²) in [4.78, 5) is 0. The molecule has 0 fully saturated rings. The van der Waals surface area contributed by atoms with E-state index in [0.29, 0.717) is 6.79 Å². The van der Waals surface area contributed by atoms with Crippen molar-refractivity contribution in [1.82, 2.24) is 0 Å². The van der Waals surface area contributed by atoms with Gasteiger partial charge in [0.15, 0.2) is 6.79 Å². The molecule has 1 aromatic carbocycles. The largest absolute Gasteiger partial charge is 0.468 e. The fraction of sp³-hybridized carbons (Fsp3) is 0.250. The number of methoxy groups -OCH3 is 1. The van der Waals surface area contributed by atoms with Crippen LogP contribution in [-0.2, 0) is 4.74 Å². The molecule has 0 bridgehead atoms. The van der Waals surface area contributed by atoms with Gasteiger partial charge in [0.2, 0.25) is 0 Å². The third-order valence-corrected chi connectivity index (χ3v) is 2.03. The Labute approximate surface area is 69.6 Å². The molecule has 1 aromatic rings. The maximum Gasteiger partial charge on any atom is 0.188 e. The summed E-state index contributed by atoms with van der Waals surface area (Å²) >= 11 is 0. The Morgan fingerprint density at radius 2 is 1.91 bits per heavy atom. The first-order valence-electron chi connectivity index (χ1n) is 3.51. The van der Waals surface area contributed by atoms with Crippen LogP contribution in [0.1, 0.15) is 0 Å². The molecule has 0 amide bonds. The summed E-state index contributed by atoms with van der Waals surface area (Å²) in [6.07, 6.45) is 0. The van der Waals surface area contributed by atoms with Crippen LogP contribution in [-0.4, -0.2) is 24.1 Å². The van der Waals surface area contributed by atoms with Gasteiger partial charge in [0.25, 0.3) is 0 Å². The molecule has 0 radical (unpaired) electrons. The number of benzene rings is 1. The van der Waals surface area contributed by atoms with Crippen LogP contribution in [0, 0.1) is 0 Å². The predicted octanol–water partition coefficient (Wildman–Crippen LogP) is -0.340. The van der Waals surface area contributed by atoms with E-state index in [-0.39, 0.29) is 0 Å². The molecule has 2 nitrogen and oxygen atoms in total. The lowest BCUT2D eigenvalue weighted by atomic mass is 10.3. The smallest absolute Gasteiger partial charge is 0.188 e. The van der Waals surface area contributed by atoms with Crippen molar-refractivity contribution in [3.63, 3.8) is 0 Å². The molecule has 0 aromatic heterocycles. The SMILES string of the molecule is COCOc1ccc([SiH3])cc1. The van der Waals surface area contributed by atoms with Gasteiger partial charge in [-0.3, -0.25) is 0 Å². The molecule has 0 saturated carbocycles. The summed E-state index contributed by atoms with van der Waals surface area (Å²) in [5, 5.41) is 1.37. The lowest BCUT2D eigenvalue weighted by Crippen LogP contribution is -2.02. The van der Waals surface area contributed by atoms with Crippen molar-refractivity contribution in [2.45, 2.75) is 0 Å². The second-order valence-corrected chi connectivity index (χ2v) is 3.52. The number of ether oxygens (including phenoxy) is 2. The van der Waals surface area contributed by atoms with E-state index in [1.807, 2.05) is 12.1 Å². The third kappa shape index (κ3) is 2.74. The first-order valence-corrected chi connectivity index (χ1v) is 4.51. The maximum atomic E-state index is 5.20. The number of hydrogen-bond acceptors (Lipinski definition) is 2. The zero-order chi connectivity index (χ0) is 8.10. The van der Waals surface area contributed by atoms with Gasteiger partial charge in [0, 0.05) is 17.4 Å². The van der Waals surface area contributed by atoms with Crippen LogP contribution in [0.25, 0.3) is 0 Å². The normalized spacial score (nSPS) is 9.91. The molecular formula is C8H12O2Si. The van der Waals surface area contributed by atoms with Gasteiger partial charge in [0.05, 0.1) is 0 Å². The molecule has 0 atom stereocenters. The zero-order valence-corrected chi connectivity index (χ0v) is 8.83. The third-order valence-electron chi connectivity index (χ3n) is 1.36. The van der Waals surface area contributed by atoms with E-state index in [0.717, 1.165) is 16.0 Å². The molecule has 0 unspecified atom stereocenters. The fourth-order valence-corrected chi connectivity index (χ4v) is 1.09. The van der Waals surface area contributed by atoms with Crippen LogP contribution in [0.4, 0.5) is 0 Å². The van der Waals surface area contributed by atoms with E-state index in [9.17, 15) is 0 Å². The molecule has 0 N–H and O–H groups in total. The second-order valence-electron chi connectivity index (χ2n) is 2.36. The van der Waals surface area contributed by atoms with Crippen LogP contribution < -0.4 is 9.92 Å². The Bertz CT molecular complexity index is 208. The molecule has 0 aliphatic carbocycles. The Kier molecular flexibility index (Phi) is 3.13. The summed E-state index contributed by atoms with van der Waals surface area (Å²) in [5.74, 6) is 0.867. The first kappa shape index (κ1) is 8.29. The van der Waals surface area contributed by atoms with Gasteiger partial charge in [-0.15, -0.1) is 0 Å². The van der Waals surface area contributed by atoms with E-state index in [2.05, 4.69) is 12.1 Å². The molecule has 0 aliphatic rings. The van der Waals surface area contributed by atoms with Crippen molar-refractivity contribution in [1.29, 1.82) is 0 Å². The molecular weight excluding hydrogens is 156 g/mol. The van der Waals surface area contributed by atoms with Gasteiger partial charge in [-0.05, 0) is 12.1 Å².